The largest absolute Gasteiger partial charge is 0.493 e. The third-order valence-electron chi connectivity index (χ3n) is 4.42. The molecule has 0 unspecified atom stereocenters. The summed E-state index contributed by atoms with van der Waals surface area (Å²) >= 11 is 3.52. The first-order valence-electron chi connectivity index (χ1n) is 8.50. The van der Waals surface area contributed by atoms with Gasteiger partial charge in [-0.3, -0.25) is 4.79 Å². The fraction of sp³-hybridized carbons (Fsp3) is 0.200. The first-order valence-corrected chi connectivity index (χ1v) is 9.30. The summed E-state index contributed by atoms with van der Waals surface area (Å²) in [6, 6.07) is 11.6. The van der Waals surface area contributed by atoms with Crippen molar-refractivity contribution in [2.75, 3.05) is 21.3 Å². The predicted octanol–water partition coefficient (Wildman–Crippen LogP) is 2.98. The predicted molar refractivity (Wildman–Crippen MR) is 109 cm³/mol. The van der Waals surface area contributed by atoms with Crippen LogP contribution >= 0.6 is 15.9 Å². The van der Waals surface area contributed by atoms with E-state index in [1.54, 1.807) is 26.3 Å². The number of amides is 3. The first-order chi connectivity index (χ1) is 13.5. The molecule has 0 aromatic heterocycles. The van der Waals surface area contributed by atoms with E-state index in [9.17, 15) is 9.59 Å². The second-order valence-corrected chi connectivity index (χ2v) is 6.85. The molecular formula is C20H20BrN3O4. The minimum Gasteiger partial charge on any atom is -0.493 e. The first kappa shape index (κ1) is 19.8. The highest BCUT2D eigenvalue weighted by Gasteiger charge is 2.34. The number of nitrogens with one attached hydrogen (secondary N) is 3. The summed E-state index contributed by atoms with van der Waals surface area (Å²) < 4.78 is 11.4. The summed E-state index contributed by atoms with van der Waals surface area (Å²) in [6.45, 7) is 0. The molecule has 0 saturated heterocycles. The number of benzene rings is 2. The van der Waals surface area contributed by atoms with E-state index in [0.29, 0.717) is 32.8 Å². The quantitative estimate of drug-likeness (QED) is 0.659. The molecule has 3 N–H and O–H groups in total. The Morgan fingerprint density at radius 2 is 1.75 bits per heavy atom. The van der Waals surface area contributed by atoms with Gasteiger partial charge in [0.25, 0.3) is 5.91 Å². The fourth-order valence-corrected chi connectivity index (χ4v) is 3.65. The van der Waals surface area contributed by atoms with Crippen molar-refractivity contribution in [3.63, 3.8) is 0 Å². The van der Waals surface area contributed by atoms with E-state index in [1.165, 1.54) is 7.11 Å². The third kappa shape index (κ3) is 3.68. The normalized spacial score (nSPS) is 16.1. The number of ether oxygens (including phenoxy) is 2. The molecule has 0 spiro atoms. The number of carbonyl (C=O) groups excluding carboxylic acids is 2. The Hall–Kier alpha value is -3.00. The molecule has 0 fully saturated rings. The van der Waals surface area contributed by atoms with Crippen molar-refractivity contribution in [2.45, 2.75) is 6.04 Å². The number of urea groups is 1. The molecule has 8 heteroatoms. The molecule has 146 valence electrons. The van der Waals surface area contributed by atoms with Gasteiger partial charge >= 0.3 is 6.03 Å². The van der Waals surface area contributed by atoms with E-state index in [0.717, 1.165) is 5.56 Å². The van der Waals surface area contributed by atoms with Crippen LogP contribution in [0.1, 0.15) is 17.2 Å². The van der Waals surface area contributed by atoms with Crippen LogP contribution in [-0.2, 0) is 4.79 Å². The molecular weight excluding hydrogens is 426 g/mol. The Morgan fingerprint density at radius 3 is 2.36 bits per heavy atom. The number of methoxy groups -OCH3 is 2. The minimum atomic E-state index is -0.696. The maximum Gasteiger partial charge on any atom is 0.320 e. The monoisotopic (exact) mass is 445 g/mol. The molecule has 3 rings (SSSR count). The number of halogens is 1. The molecule has 0 bridgehead atoms. The molecule has 28 heavy (non-hydrogen) atoms. The van der Waals surface area contributed by atoms with Crippen molar-refractivity contribution in [2.24, 2.45) is 0 Å². The summed E-state index contributed by atoms with van der Waals surface area (Å²) in [5.74, 6) is 0.719. The minimum absolute atomic E-state index is 0.307. The van der Waals surface area contributed by atoms with Crippen LogP contribution in [0, 0.1) is 0 Å². The van der Waals surface area contributed by atoms with E-state index < -0.39 is 12.1 Å². The average molecular weight is 446 g/mol. The molecule has 2 aromatic rings. The van der Waals surface area contributed by atoms with Gasteiger partial charge in [-0.1, -0.05) is 46.3 Å². The van der Waals surface area contributed by atoms with E-state index >= 15 is 0 Å². The maximum absolute atomic E-state index is 12.8. The van der Waals surface area contributed by atoms with Crippen molar-refractivity contribution < 1.29 is 19.1 Å². The topological polar surface area (TPSA) is 88.7 Å². The molecule has 1 aliphatic rings. The van der Waals surface area contributed by atoms with E-state index in [4.69, 9.17) is 9.47 Å². The Bertz CT molecular complexity index is 944. The second-order valence-electron chi connectivity index (χ2n) is 5.99. The number of hydrogen-bond donors (Lipinski definition) is 3. The highest BCUT2D eigenvalue weighted by Crippen LogP contribution is 2.40. The number of hydrogen-bond acceptors (Lipinski definition) is 4. The van der Waals surface area contributed by atoms with Gasteiger partial charge in [-0.15, -0.1) is 0 Å². The third-order valence-corrected chi connectivity index (χ3v) is 5.11. The van der Waals surface area contributed by atoms with Crippen LogP contribution in [0.5, 0.6) is 11.5 Å². The Kier molecular flexibility index (Phi) is 5.89. The van der Waals surface area contributed by atoms with Gasteiger partial charge in [0, 0.05) is 11.5 Å². The van der Waals surface area contributed by atoms with Crippen LogP contribution in [0.25, 0.3) is 5.70 Å². The van der Waals surface area contributed by atoms with Gasteiger partial charge in [0.05, 0.1) is 31.5 Å². The van der Waals surface area contributed by atoms with Crippen molar-refractivity contribution in [1.29, 1.82) is 0 Å². The number of carbonyl (C=O) groups is 2. The van der Waals surface area contributed by atoms with Crippen LogP contribution in [0.15, 0.2) is 52.5 Å². The van der Waals surface area contributed by atoms with Crippen molar-refractivity contribution >= 4 is 33.6 Å². The van der Waals surface area contributed by atoms with E-state index in [-0.39, 0.29) is 5.91 Å². The lowest BCUT2D eigenvalue weighted by molar-refractivity contribution is -0.117. The number of rotatable bonds is 5. The summed E-state index contributed by atoms with van der Waals surface area (Å²) in [5.41, 5.74) is 2.24. The van der Waals surface area contributed by atoms with Crippen LogP contribution < -0.4 is 25.4 Å². The molecule has 1 heterocycles. The van der Waals surface area contributed by atoms with Crippen LogP contribution in [0.3, 0.4) is 0 Å². The zero-order valence-corrected chi connectivity index (χ0v) is 17.2. The average Bonchev–Trinajstić information content (AvgIpc) is 2.72. The van der Waals surface area contributed by atoms with Gasteiger partial charge in [-0.25, -0.2) is 4.79 Å². The van der Waals surface area contributed by atoms with E-state index in [2.05, 4.69) is 31.9 Å². The SMILES string of the molecule is CNC(=O)C1=C(c2ccccc2)NC(=O)N[C@H]1c1cc(OC)c(OC)cc1Br. The van der Waals surface area contributed by atoms with Crippen molar-refractivity contribution in [1.82, 2.24) is 16.0 Å². The van der Waals surface area contributed by atoms with Crippen molar-refractivity contribution in [3.8, 4) is 11.5 Å². The summed E-state index contributed by atoms with van der Waals surface area (Å²) in [4.78, 5) is 25.2. The van der Waals surface area contributed by atoms with Gasteiger partial charge in [0.2, 0.25) is 0 Å². The lowest BCUT2D eigenvalue weighted by Crippen LogP contribution is -2.46. The Balaban J connectivity index is 2.24. The van der Waals surface area contributed by atoms with Gasteiger partial charge < -0.3 is 25.4 Å². The molecule has 2 aromatic carbocycles. The second kappa shape index (κ2) is 8.35. The van der Waals surface area contributed by atoms with Crippen LogP contribution in [0.2, 0.25) is 0 Å². The lowest BCUT2D eigenvalue weighted by atomic mass is 9.92. The van der Waals surface area contributed by atoms with Crippen LogP contribution in [-0.4, -0.2) is 33.2 Å². The van der Waals surface area contributed by atoms with Gasteiger partial charge in [0.1, 0.15) is 0 Å². The van der Waals surface area contributed by atoms with E-state index in [1.807, 2.05) is 30.3 Å². The molecule has 0 saturated carbocycles. The van der Waals surface area contributed by atoms with Crippen LogP contribution in [0.4, 0.5) is 4.79 Å². The molecule has 1 atom stereocenters. The summed E-state index contributed by atoms with van der Waals surface area (Å²) in [5, 5.41) is 8.26. The molecule has 0 radical (unpaired) electrons. The Morgan fingerprint density at radius 1 is 1.11 bits per heavy atom. The highest BCUT2D eigenvalue weighted by molar-refractivity contribution is 9.10. The molecule has 0 aliphatic carbocycles. The summed E-state index contributed by atoms with van der Waals surface area (Å²) in [7, 11) is 4.62. The molecule has 7 nitrogen and oxygen atoms in total. The number of likely N-dealkylation sites (N-methyl/N-ethyl adjacent to an activating group) is 1. The van der Waals surface area contributed by atoms with Gasteiger partial charge in [-0.05, 0) is 23.3 Å². The maximum atomic E-state index is 12.8. The standard InChI is InChI=1S/C20H20BrN3O4/c1-22-19(25)16-17(11-7-5-4-6-8-11)23-20(26)24-18(16)12-9-14(27-2)15(28-3)10-13(12)21/h4-10,18H,1-3H3,(H,22,25)(H2,23,24,26)/t18-/m0/s1. The van der Waals surface area contributed by atoms with Gasteiger partial charge in [-0.2, -0.15) is 0 Å². The Labute approximate surface area is 171 Å². The smallest absolute Gasteiger partial charge is 0.320 e. The van der Waals surface area contributed by atoms with Gasteiger partial charge in [0.15, 0.2) is 11.5 Å². The fourth-order valence-electron chi connectivity index (χ4n) is 3.10. The zero-order valence-electron chi connectivity index (χ0n) is 15.6. The molecule has 1 aliphatic heterocycles. The summed E-state index contributed by atoms with van der Waals surface area (Å²) in [6.07, 6.45) is 0. The highest BCUT2D eigenvalue weighted by atomic mass is 79.9. The zero-order chi connectivity index (χ0) is 20.3. The van der Waals surface area contributed by atoms with Crippen molar-refractivity contribution in [3.05, 3.63) is 63.6 Å². The molecule has 3 amide bonds. The lowest BCUT2D eigenvalue weighted by Gasteiger charge is -2.30.